The summed E-state index contributed by atoms with van der Waals surface area (Å²) in [6, 6.07) is 2.85. The lowest BCUT2D eigenvalue weighted by atomic mass is 9.84. The normalized spacial score (nSPS) is 13.1. The number of aryl methyl sites for hydroxylation is 1. The first-order chi connectivity index (χ1) is 9.64. The fraction of sp³-hybridized carbons (Fsp3) is 0.385. The zero-order chi connectivity index (χ0) is 17.5. The van der Waals surface area contributed by atoms with E-state index in [1.165, 1.54) is 12.1 Å². The first-order valence-corrected chi connectivity index (χ1v) is 9.54. The maximum absolute atomic E-state index is 11.3. The Hall–Kier alpha value is -0.940. The van der Waals surface area contributed by atoms with E-state index in [-0.39, 0.29) is 11.3 Å². The Balaban J connectivity index is 3.64. The summed E-state index contributed by atoms with van der Waals surface area (Å²) in [4.78, 5) is 36.5. The van der Waals surface area contributed by atoms with E-state index >= 15 is 0 Å². The lowest BCUT2D eigenvalue weighted by Gasteiger charge is -2.22. The van der Waals surface area contributed by atoms with Gasteiger partial charge in [0.25, 0.3) is 0 Å². The Labute approximate surface area is 128 Å². The molecule has 124 valence electrons. The molecule has 0 atom stereocenters. The third kappa shape index (κ3) is 4.53. The summed E-state index contributed by atoms with van der Waals surface area (Å²) in [5, 5.41) is 8.84. The van der Waals surface area contributed by atoms with Gasteiger partial charge in [-0.25, -0.2) is 0 Å². The summed E-state index contributed by atoms with van der Waals surface area (Å²) in [5.41, 5.74) is 0.689. The first kappa shape index (κ1) is 19.1. The molecule has 1 aromatic carbocycles. The Morgan fingerprint density at radius 1 is 1.05 bits per heavy atom. The minimum Gasteiger partial charge on any atom is -0.507 e. The van der Waals surface area contributed by atoms with Gasteiger partial charge in [-0.05, 0) is 41.7 Å². The minimum atomic E-state index is -5.11. The zero-order valence-electron chi connectivity index (χ0n) is 12.7. The average molecular weight is 350 g/mol. The molecular weight excluding hydrogens is 330 g/mol. The van der Waals surface area contributed by atoms with Crippen molar-refractivity contribution in [3.8, 4) is 5.75 Å². The van der Waals surface area contributed by atoms with Gasteiger partial charge < -0.3 is 24.7 Å². The number of rotatable bonds is 3. The quantitative estimate of drug-likeness (QED) is 0.529. The van der Waals surface area contributed by atoms with Crippen molar-refractivity contribution in [1.29, 1.82) is 0 Å². The molecular formula is C13H20O7P2. The van der Waals surface area contributed by atoms with Crippen molar-refractivity contribution in [2.24, 2.45) is 0 Å². The van der Waals surface area contributed by atoms with Crippen LogP contribution in [0.15, 0.2) is 17.2 Å². The number of phenols is 1. The van der Waals surface area contributed by atoms with Crippen molar-refractivity contribution in [2.75, 3.05) is 0 Å². The monoisotopic (exact) mass is 350 g/mol. The van der Waals surface area contributed by atoms with Crippen LogP contribution in [-0.4, -0.2) is 24.7 Å². The van der Waals surface area contributed by atoms with Gasteiger partial charge in [-0.2, -0.15) is 0 Å². The Morgan fingerprint density at radius 2 is 1.50 bits per heavy atom. The molecule has 0 heterocycles. The van der Waals surface area contributed by atoms with E-state index in [4.69, 9.17) is 19.6 Å². The summed E-state index contributed by atoms with van der Waals surface area (Å²) in [6.07, 6.45) is 0.781. The van der Waals surface area contributed by atoms with Crippen molar-refractivity contribution in [2.45, 2.75) is 33.1 Å². The first-order valence-electron chi connectivity index (χ1n) is 6.32. The van der Waals surface area contributed by atoms with Gasteiger partial charge >= 0.3 is 15.2 Å². The highest BCUT2D eigenvalue weighted by Gasteiger charge is 2.36. The maximum Gasteiger partial charge on any atom is 0.364 e. The van der Waals surface area contributed by atoms with Crippen molar-refractivity contribution < 1.29 is 33.8 Å². The number of hydrogen-bond acceptors (Lipinski definition) is 3. The van der Waals surface area contributed by atoms with Crippen molar-refractivity contribution in [3.63, 3.8) is 0 Å². The topological polar surface area (TPSA) is 135 Å². The zero-order valence-corrected chi connectivity index (χ0v) is 14.5. The lowest BCUT2D eigenvalue weighted by molar-refractivity contribution is 0.368. The highest BCUT2D eigenvalue weighted by Crippen LogP contribution is 2.64. The van der Waals surface area contributed by atoms with Gasteiger partial charge in [0.2, 0.25) is 0 Å². The van der Waals surface area contributed by atoms with E-state index < -0.39 is 25.7 Å². The van der Waals surface area contributed by atoms with Crippen LogP contribution >= 0.6 is 15.2 Å². The second-order valence-corrected chi connectivity index (χ2v) is 9.57. The number of aromatic hydroxyl groups is 1. The average Bonchev–Trinajstić information content (AvgIpc) is 2.25. The van der Waals surface area contributed by atoms with Crippen molar-refractivity contribution in [3.05, 3.63) is 33.9 Å². The van der Waals surface area contributed by atoms with Crippen LogP contribution < -0.4 is 0 Å². The molecule has 0 aliphatic rings. The molecule has 1 rings (SSSR count). The fourth-order valence-electron chi connectivity index (χ4n) is 1.95. The maximum atomic E-state index is 11.3. The van der Waals surface area contributed by atoms with E-state index in [0.717, 1.165) is 6.08 Å². The highest BCUT2D eigenvalue weighted by atomic mass is 31.2. The molecule has 0 aliphatic heterocycles. The van der Waals surface area contributed by atoms with E-state index in [2.05, 4.69) is 0 Å². The molecule has 0 amide bonds. The molecule has 7 nitrogen and oxygen atoms in total. The second-order valence-electron chi connectivity index (χ2n) is 6.07. The van der Waals surface area contributed by atoms with Crippen LogP contribution in [0.1, 0.15) is 37.5 Å². The second kappa shape index (κ2) is 5.93. The van der Waals surface area contributed by atoms with Gasteiger partial charge in [0, 0.05) is 5.56 Å². The summed E-state index contributed by atoms with van der Waals surface area (Å²) in [7, 11) is -10.2. The molecule has 0 fully saturated rings. The Bertz CT molecular complexity index is 680. The van der Waals surface area contributed by atoms with Crippen LogP contribution in [0.25, 0.3) is 6.08 Å². The Morgan fingerprint density at radius 3 is 1.86 bits per heavy atom. The van der Waals surface area contributed by atoms with E-state index in [0.29, 0.717) is 11.1 Å². The van der Waals surface area contributed by atoms with Crippen LogP contribution in [0.4, 0.5) is 0 Å². The van der Waals surface area contributed by atoms with Crippen LogP contribution in [0.3, 0.4) is 0 Å². The van der Waals surface area contributed by atoms with Gasteiger partial charge in [-0.15, -0.1) is 0 Å². The SMILES string of the molecule is Cc1cc(C=C(P(=O)(O)O)P(=O)(O)O)cc(C(C)(C)C)c1O. The van der Waals surface area contributed by atoms with Gasteiger partial charge in [0.15, 0.2) is 5.06 Å². The van der Waals surface area contributed by atoms with Gasteiger partial charge in [-0.3, -0.25) is 9.13 Å². The summed E-state index contributed by atoms with van der Waals surface area (Å²) in [5.74, 6) is 0.0403. The summed E-state index contributed by atoms with van der Waals surface area (Å²) in [6.45, 7) is 7.10. The number of benzene rings is 1. The smallest absolute Gasteiger partial charge is 0.364 e. The summed E-state index contributed by atoms with van der Waals surface area (Å²) >= 11 is 0. The van der Waals surface area contributed by atoms with Crippen molar-refractivity contribution in [1.82, 2.24) is 0 Å². The summed E-state index contributed by atoms with van der Waals surface area (Å²) < 4.78 is 22.6. The third-order valence-corrected chi connectivity index (χ3v) is 6.04. The van der Waals surface area contributed by atoms with Gasteiger partial charge in [-0.1, -0.05) is 20.8 Å². The van der Waals surface area contributed by atoms with Crippen LogP contribution in [-0.2, 0) is 14.5 Å². The highest BCUT2D eigenvalue weighted by molar-refractivity contribution is 7.77. The standard InChI is InChI=1S/C13H20O7P2/c1-8-5-9(6-10(12(8)14)13(2,3)4)7-11(21(15,16)17)22(18,19)20/h5-7,14H,1-4H3,(H2,15,16,17)(H2,18,19,20). The molecule has 1 aromatic rings. The molecule has 0 spiro atoms. The molecule has 5 N–H and O–H groups in total. The lowest BCUT2D eigenvalue weighted by Crippen LogP contribution is -2.12. The molecule has 0 aliphatic carbocycles. The largest absolute Gasteiger partial charge is 0.507 e. The third-order valence-electron chi connectivity index (χ3n) is 3.02. The van der Waals surface area contributed by atoms with Crippen molar-refractivity contribution >= 4 is 21.3 Å². The molecule has 9 heteroatoms. The molecule has 0 radical (unpaired) electrons. The minimum absolute atomic E-state index is 0.0403. The predicted molar refractivity (Wildman–Crippen MR) is 83.6 cm³/mol. The molecule has 0 saturated carbocycles. The number of hydrogen-bond donors (Lipinski definition) is 5. The van der Waals surface area contributed by atoms with Crippen LogP contribution in [0.2, 0.25) is 0 Å². The molecule has 0 saturated heterocycles. The molecule has 0 bridgehead atoms. The van der Waals surface area contributed by atoms with E-state index in [1.54, 1.807) is 6.92 Å². The van der Waals surface area contributed by atoms with Crippen LogP contribution in [0, 0.1) is 6.92 Å². The molecule has 0 unspecified atom stereocenters. The van der Waals surface area contributed by atoms with Crippen LogP contribution in [0.5, 0.6) is 5.75 Å². The fourth-order valence-corrected chi connectivity index (χ4v) is 3.94. The molecule has 0 aromatic heterocycles. The van der Waals surface area contributed by atoms with E-state index in [9.17, 15) is 14.2 Å². The van der Waals surface area contributed by atoms with Gasteiger partial charge in [0.05, 0.1) is 0 Å². The predicted octanol–water partition coefficient (Wildman–Crippen LogP) is 2.65. The van der Waals surface area contributed by atoms with E-state index in [1.807, 2.05) is 20.8 Å². The number of phenolic OH excluding ortho intramolecular Hbond substituents is 1. The molecule has 22 heavy (non-hydrogen) atoms. The van der Waals surface area contributed by atoms with Gasteiger partial charge in [0.1, 0.15) is 5.75 Å². The Kier molecular flexibility index (Phi) is 5.15.